The van der Waals surface area contributed by atoms with Gasteiger partial charge in [-0.2, -0.15) is 0 Å². The highest BCUT2D eigenvalue weighted by molar-refractivity contribution is 6.30. The van der Waals surface area contributed by atoms with Crippen molar-refractivity contribution in [2.24, 2.45) is 0 Å². The molecule has 0 amide bonds. The van der Waals surface area contributed by atoms with Crippen LogP contribution in [0, 0.1) is 0 Å². The van der Waals surface area contributed by atoms with Gasteiger partial charge in [0.2, 0.25) is 6.10 Å². The molecule has 6 heteroatoms. The molecule has 5 nitrogen and oxygen atoms in total. The molecule has 1 aliphatic rings. The standard InChI is InChI=1S/C14H11ClN2O3/c15-9-5-6-13(16-7-9)17-8-12(14(18)19)20-11-4-2-1-3-10(11)17/h1-7,12H,8H2,(H,18,19). The van der Waals surface area contributed by atoms with Crippen LogP contribution in [-0.4, -0.2) is 28.7 Å². The summed E-state index contributed by atoms with van der Waals surface area (Å²) in [5, 5.41) is 9.71. The number of ether oxygens (including phenoxy) is 1. The van der Waals surface area contributed by atoms with Crippen molar-refractivity contribution in [1.29, 1.82) is 0 Å². The molecule has 0 bridgehead atoms. The SMILES string of the molecule is O=C(O)C1CN(c2ccc(Cl)cn2)c2ccccc2O1. The third-order valence-corrected chi connectivity index (χ3v) is 3.26. The maximum atomic E-state index is 11.2. The van der Waals surface area contributed by atoms with Crippen molar-refractivity contribution < 1.29 is 14.6 Å². The Morgan fingerprint density at radius 3 is 2.85 bits per heavy atom. The van der Waals surface area contributed by atoms with E-state index in [4.69, 9.17) is 16.3 Å². The lowest BCUT2D eigenvalue weighted by molar-refractivity contribution is -0.144. The first-order valence-electron chi connectivity index (χ1n) is 6.03. The molecule has 1 aromatic heterocycles. The minimum Gasteiger partial charge on any atom is -0.478 e. The molecule has 1 aromatic carbocycles. The molecule has 0 aliphatic carbocycles. The van der Waals surface area contributed by atoms with Gasteiger partial charge in [-0.15, -0.1) is 0 Å². The van der Waals surface area contributed by atoms with Gasteiger partial charge >= 0.3 is 5.97 Å². The average molecular weight is 291 g/mol. The molecule has 0 saturated carbocycles. The minimum atomic E-state index is -1.00. The Hall–Kier alpha value is -2.27. The number of carboxylic acid groups (broad SMARTS) is 1. The number of aromatic nitrogens is 1. The fraction of sp³-hybridized carbons (Fsp3) is 0.143. The normalized spacial score (nSPS) is 17.2. The second kappa shape index (κ2) is 5.02. The summed E-state index contributed by atoms with van der Waals surface area (Å²) in [4.78, 5) is 17.3. The van der Waals surface area contributed by atoms with E-state index in [0.29, 0.717) is 16.6 Å². The van der Waals surface area contributed by atoms with E-state index in [1.54, 1.807) is 24.3 Å². The Morgan fingerprint density at radius 2 is 2.15 bits per heavy atom. The summed E-state index contributed by atoms with van der Waals surface area (Å²) in [6.07, 6.45) is 0.604. The van der Waals surface area contributed by atoms with Gasteiger partial charge in [0.15, 0.2) is 0 Å². The zero-order chi connectivity index (χ0) is 14.1. The highest BCUT2D eigenvalue weighted by atomic mass is 35.5. The third kappa shape index (κ3) is 2.28. The number of hydrogen-bond acceptors (Lipinski definition) is 4. The number of fused-ring (bicyclic) bond motifs is 1. The Morgan fingerprint density at radius 1 is 1.35 bits per heavy atom. The molecule has 102 valence electrons. The highest BCUT2D eigenvalue weighted by Gasteiger charge is 2.31. The summed E-state index contributed by atoms with van der Waals surface area (Å²) in [7, 11) is 0. The zero-order valence-corrected chi connectivity index (χ0v) is 11.1. The van der Waals surface area contributed by atoms with Crippen molar-refractivity contribution in [1.82, 2.24) is 4.98 Å². The Kier molecular flexibility index (Phi) is 3.20. The lowest BCUT2D eigenvalue weighted by atomic mass is 10.2. The van der Waals surface area contributed by atoms with E-state index in [1.807, 2.05) is 17.0 Å². The van der Waals surface area contributed by atoms with Crippen molar-refractivity contribution in [2.45, 2.75) is 6.10 Å². The second-order valence-corrected chi connectivity index (χ2v) is 4.79. The third-order valence-electron chi connectivity index (χ3n) is 3.04. The molecule has 1 atom stereocenters. The van der Waals surface area contributed by atoms with Crippen molar-refractivity contribution in [3.63, 3.8) is 0 Å². The largest absolute Gasteiger partial charge is 0.478 e. The molecular weight excluding hydrogens is 280 g/mol. The highest BCUT2D eigenvalue weighted by Crippen LogP contribution is 2.37. The van der Waals surface area contributed by atoms with Crippen LogP contribution >= 0.6 is 11.6 Å². The van der Waals surface area contributed by atoms with Gasteiger partial charge in [-0.1, -0.05) is 23.7 Å². The number of hydrogen-bond donors (Lipinski definition) is 1. The first kappa shape index (κ1) is 12.7. The van der Waals surface area contributed by atoms with Gasteiger partial charge in [-0.3, -0.25) is 0 Å². The number of rotatable bonds is 2. The Labute approximate surface area is 120 Å². The van der Waals surface area contributed by atoms with E-state index in [1.165, 1.54) is 6.20 Å². The maximum absolute atomic E-state index is 11.2. The predicted molar refractivity (Wildman–Crippen MR) is 74.7 cm³/mol. The smallest absolute Gasteiger partial charge is 0.346 e. The monoisotopic (exact) mass is 290 g/mol. The molecule has 3 rings (SSSR count). The number of aliphatic carboxylic acids is 1. The molecule has 1 aliphatic heterocycles. The molecule has 2 aromatic rings. The zero-order valence-electron chi connectivity index (χ0n) is 10.4. The van der Waals surface area contributed by atoms with E-state index in [0.717, 1.165) is 5.69 Å². The quantitative estimate of drug-likeness (QED) is 0.921. The number of para-hydroxylation sites is 2. The maximum Gasteiger partial charge on any atom is 0.346 e. The molecular formula is C14H11ClN2O3. The summed E-state index contributed by atoms with van der Waals surface area (Å²) in [6, 6.07) is 10.8. The van der Waals surface area contributed by atoms with E-state index in [9.17, 15) is 9.90 Å². The van der Waals surface area contributed by atoms with Crippen LogP contribution in [0.15, 0.2) is 42.6 Å². The molecule has 20 heavy (non-hydrogen) atoms. The summed E-state index contributed by atoms with van der Waals surface area (Å²) in [5.74, 6) is 0.165. The molecule has 1 N–H and O–H groups in total. The van der Waals surface area contributed by atoms with Gasteiger partial charge in [0.1, 0.15) is 11.6 Å². The molecule has 2 heterocycles. The summed E-state index contributed by atoms with van der Waals surface area (Å²) < 4.78 is 5.47. The van der Waals surface area contributed by atoms with Crippen molar-refractivity contribution in [3.8, 4) is 5.75 Å². The number of carboxylic acids is 1. The Balaban J connectivity index is 2.04. The van der Waals surface area contributed by atoms with Gasteiger partial charge < -0.3 is 14.7 Å². The first-order chi connectivity index (χ1) is 9.65. The van der Waals surface area contributed by atoms with Crippen molar-refractivity contribution >= 4 is 29.1 Å². The Bertz CT molecular complexity index is 645. The van der Waals surface area contributed by atoms with Gasteiger partial charge in [0.25, 0.3) is 0 Å². The van der Waals surface area contributed by atoms with E-state index < -0.39 is 12.1 Å². The summed E-state index contributed by atoms with van der Waals surface area (Å²) >= 11 is 5.83. The fourth-order valence-corrected chi connectivity index (χ4v) is 2.22. The lowest BCUT2D eigenvalue weighted by Gasteiger charge is -2.33. The number of pyridine rings is 1. The lowest BCUT2D eigenvalue weighted by Crippen LogP contribution is -2.42. The van der Waals surface area contributed by atoms with Crippen LogP contribution < -0.4 is 9.64 Å². The number of halogens is 1. The van der Waals surface area contributed by atoms with Crippen LogP contribution in [0.2, 0.25) is 5.02 Å². The molecule has 0 radical (unpaired) electrons. The molecule has 1 unspecified atom stereocenters. The van der Waals surface area contributed by atoms with Gasteiger partial charge in [0.05, 0.1) is 17.3 Å². The van der Waals surface area contributed by atoms with Gasteiger partial charge in [0, 0.05) is 6.20 Å². The van der Waals surface area contributed by atoms with Gasteiger partial charge in [-0.05, 0) is 24.3 Å². The van der Waals surface area contributed by atoms with Crippen LogP contribution in [0.4, 0.5) is 11.5 Å². The van der Waals surface area contributed by atoms with Crippen LogP contribution in [0.3, 0.4) is 0 Å². The van der Waals surface area contributed by atoms with Crippen LogP contribution in [0.1, 0.15) is 0 Å². The van der Waals surface area contributed by atoms with E-state index in [2.05, 4.69) is 4.98 Å². The van der Waals surface area contributed by atoms with Gasteiger partial charge in [-0.25, -0.2) is 9.78 Å². The number of anilines is 2. The summed E-state index contributed by atoms with van der Waals surface area (Å²) in [6.45, 7) is 0.195. The van der Waals surface area contributed by atoms with Crippen molar-refractivity contribution in [2.75, 3.05) is 11.4 Å². The topological polar surface area (TPSA) is 62.7 Å². The van der Waals surface area contributed by atoms with Crippen LogP contribution in [0.25, 0.3) is 0 Å². The van der Waals surface area contributed by atoms with Crippen molar-refractivity contribution in [3.05, 3.63) is 47.6 Å². The van der Waals surface area contributed by atoms with E-state index in [-0.39, 0.29) is 6.54 Å². The first-order valence-corrected chi connectivity index (χ1v) is 6.40. The number of carbonyl (C=O) groups is 1. The molecule has 0 spiro atoms. The summed E-state index contributed by atoms with van der Waals surface area (Å²) in [5.41, 5.74) is 0.792. The van der Waals surface area contributed by atoms with Crippen LogP contribution in [0.5, 0.6) is 5.75 Å². The van der Waals surface area contributed by atoms with Crippen LogP contribution in [-0.2, 0) is 4.79 Å². The fourth-order valence-electron chi connectivity index (χ4n) is 2.11. The second-order valence-electron chi connectivity index (χ2n) is 4.36. The van der Waals surface area contributed by atoms with E-state index >= 15 is 0 Å². The molecule has 0 saturated heterocycles. The number of benzene rings is 1. The number of nitrogens with zero attached hydrogens (tertiary/aromatic N) is 2. The average Bonchev–Trinajstić information content (AvgIpc) is 2.47. The molecule has 0 fully saturated rings. The minimum absolute atomic E-state index is 0.195. The predicted octanol–water partition coefficient (Wildman–Crippen LogP) is 2.72.